The minimum absolute atomic E-state index is 0.573. The SMILES string of the molecule is Clc1ccc(CSc2nnc(N3CCCC3)n2C2CC2)c(Cl)c1. The average Bonchev–Trinajstić information content (AvgIpc) is 3.07. The van der Waals surface area contributed by atoms with Gasteiger partial charge in [-0.05, 0) is 43.4 Å². The molecule has 0 unspecified atom stereocenters. The highest BCUT2D eigenvalue weighted by Crippen LogP contribution is 2.42. The first-order chi connectivity index (χ1) is 11.2. The summed E-state index contributed by atoms with van der Waals surface area (Å²) in [5, 5.41) is 11.3. The average molecular weight is 369 g/mol. The van der Waals surface area contributed by atoms with Crippen molar-refractivity contribution >= 4 is 40.9 Å². The normalized spacial score (nSPS) is 17.9. The molecule has 0 bridgehead atoms. The summed E-state index contributed by atoms with van der Waals surface area (Å²) in [6, 6.07) is 6.23. The summed E-state index contributed by atoms with van der Waals surface area (Å²) in [5.41, 5.74) is 1.08. The van der Waals surface area contributed by atoms with Crippen molar-refractivity contribution in [3.05, 3.63) is 33.8 Å². The third-order valence-electron chi connectivity index (χ3n) is 4.32. The summed E-state index contributed by atoms with van der Waals surface area (Å²) in [5.74, 6) is 1.83. The van der Waals surface area contributed by atoms with E-state index >= 15 is 0 Å². The van der Waals surface area contributed by atoms with Gasteiger partial charge in [0.1, 0.15) is 0 Å². The van der Waals surface area contributed by atoms with E-state index in [2.05, 4.69) is 19.7 Å². The molecule has 1 aliphatic heterocycles. The predicted molar refractivity (Wildman–Crippen MR) is 95.8 cm³/mol. The van der Waals surface area contributed by atoms with Crippen LogP contribution >= 0.6 is 35.0 Å². The zero-order valence-electron chi connectivity index (χ0n) is 12.7. The van der Waals surface area contributed by atoms with E-state index in [1.165, 1.54) is 25.7 Å². The van der Waals surface area contributed by atoms with Gasteiger partial charge >= 0.3 is 0 Å². The summed E-state index contributed by atoms with van der Waals surface area (Å²) in [4.78, 5) is 2.37. The molecule has 1 saturated carbocycles. The second kappa shape index (κ2) is 6.54. The third kappa shape index (κ3) is 3.32. The van der Waals surface area contributed by atoms with Crippen LogP contribution in [0.25, 0.3) is 0 Å². The fourth-order valence-corrected chi connectivity index (χ4v) is 4.49. The first-order valence-electron chi connectivity index (χ1n) is 7.99. The molecule has 122 valence electrons. The molecule has 0 spiro atoms. The monoisotopic (exact) mass is 368 g/mol. The Balaban J connectivity index is 1.54. The van der Waals surface area contributed by atoms with Crippen LogP contribution in [0.1, 0.15) is 37.3 Å². The minimum Gasteiger partial charge on any atom is -0.341 e. The Bertz CT molecular complexity index is 708. The molecular formula is C16H18Cl2N4S. The molecule has 2 heterocycles. The third-order valence-corrected chi connectivity index (χ3v) is 5.90. The van der Waals surface area contributed by atoms with Gasteiger partial charge in [0.15, 0.2) is 5.16 Å². The van der Waals surface area contributed by atoms with Crippen molar-refractivity contribution in [2.75, 3.05) is 18.0 Å². The van der Waals surface area contributed by atoms with Gasteiger partial charge in [-0.2, -0.15) is 0 Å². The topological polar surface area (TPSA) is 34.0 Å². The lowest BCUT2D eigenvalue weighted by Gasteiger charge is -2.18. The number of aromatic nitrogens is 3. The van der Waals surface area contributed by atoms with Crippen molar-refractivity contribution < 1.29 is 0 Å². The van der Waals surface area contributed by atoms with Gasteiger partial charge in [-0.3, -0.25) is 4.57 Å². The lowest BCUT2D eigenvalue weighted by atomic mass is 10.2. The largest absolute Gasteiger partial charge is 0.341 e. The Labute approximate surface area is 150 Å². The maximum Gasteiger partial charge on any atom is 0.228 e. The van der Waals surface area contributed by atoms with Crippen molar-refractivity contribution in [1.82, 2.24) is 14.8 Å². The number of anilines is 1. The molecule has 0 atom stereocenters. The molecule has 2 aliphatic rings. The highest BCUT2D eigenvalue weighted by molar-refractivity contribution is 7.98. The van der Waals surface area contributed by atoms with Crippen LogP contribution in [-0.4, -0.2) is 27.9 Å². The molecule has 0 amide bonds. The molecular weight excluding hydrogens is 351 g/mol. The van der Waals surface area contributed by atoms with Gasteiger partial charge < -0.3 is 4.90 Å². The number of halogens is 2. The van der Waals surface area contributed by atoms with E-state index < -0.39 is 0 Å². The second-order valence-corrected chi connectivity index (χ2v) is 7.89. The van der Waals surface area contributed by atoms with Gasteiger partial charge in [0.05, 0.1) is 0 Å². The number of hydrogen-bond donors (Lipinski definition) is 0. The van der Waals surface area contributed by atoms with Crippen LogP contribution in [0.4, 0.5) is 5.95 Å². The first-order valence-corrected chi connectivity index (χ1v) is 9.73. The maximum atomic E-state index is 6.27. The second-order valence-electron chi connectivity index (χ2n) is 6.10. The van der Waals surface area contributed by atoms with E-state index in [4.69, 9.17) is 23.2 Å². The van der Waals surface area contributed by atoms with Crippen LogP contribution in [-0.2, 0) is 5.75 Å². The lowest BCUT2D eigenvalue weighted by molar-refractivity contribution is 0.651. The minimum atomic E-state index is 0.573. The summed E-state index contributed by atoms with van der Waals surface area (Å²) >= 11 is 13.9. The smallest absolute Gasteiger partial charge is 0.228 e. The molecule has 4 rings (SSSR count). The summed E-state index contributed by atoms with van der Waals surface area (Å²) in [6.07, 6.45) is 4.96. The molecule has 23 heavy (non-hydrogen) atoms. The molecule has 0 radical (unpaired) electrons. The quantitative estimate of drug-likeness (QED) is 0.708. The van der Waals surface area contributed by atoms with Crippen LogP contribution in [0.2, 0.25) is 10.0 Å². The van der Waals surface area contributed by atoms with E-state index in [1.807, 2.05) is 12.1 Å². The molecule has 1 aromatic carbocycles. The number of benzene rings is 1. The standard InChI is InChI=1S/C16H18Cl2N4S/c17-12-4-3-11(14(18)9-12)10-23-16-20-19-15(21-7-1-2-8-21)22(16)13-5-6-13/h3-4,9,13H,1-2,5-8,10H2. The number of hydrogen-bond acceptors (Lipinski definition) is 4. The molecule has 4 nitrogen and oxygen atoms in total. The Kier molecular flexibility index (Phi) is 4.43. The highest BCUT2D eigenvalue weighted by Gasteiger charge is 2.32. The lowest BCUT2D eigenvalue weighted by Crippen LogP contribution is -2.22. The van der Waals surface area contributed by atoms with Gasteiger partial charge in [-0.1, -0.05) is 41.0 Å². The van der Waals surface area contributed by atoms with Crippen molar-refractivity contribution in [3.63, 3.8) is 0 Å². The van der Waals surface area contributed by atoms with Crippen LogP contribution < -0.4 is 4.90 Å². The molecule has 0 N–H and O–H groups in total. The molecule has 1 aromatic heterocycles. The molecule has 1 saturated heterocycles. The molecule has 1 aliphatic carbocycles. The Hall–Kier alpha value is -0.910. The van der Waals surface area contributed by atoms with E-state index in [9.17, 15) is 0 Å². The van der Waals surface area contributed by atoms with Crippen LogP contribution in [0.3, 0.4) is 0 Å². The summed E-state index contributed by atoms with van der Waals surface area (Å²) in [6.45, 7) is 2.19. The highest BCUT2D eigenvalue weighted by atomic mass is 35.5. The fourth-order valence-electron chi connectivity index (χ4n) is 2.93. The summed E-state index contributed by atoms with van der Waals surface area (Å²) in [7, 11) is 0. The number of thioether (sulfide) groups is 1. The van der Waals surface area contributed by atoms with E-state index in [0.29, 0.717) is 16.1 Å². The zero-order valence-corrected chi connectivity index (χ0v) is 15.0. The van der Waals surface area contributed by atoms with E-state index in [1.54, 1.807) is 17.8 Å². The maximum absolute atomic E-state index is 6.27. The van der Waals surface area contributed by atoms with Gasteiger partial charge in [-0.15, -0.1) is 10.2 Å². The van der Waals surface area contributed by atoms with Gasteiger partial charge in [0, 0.05) is 34.9 Å². The van der Waals surface area contributed by atoms with Crippen molar-refractivity contribution in [2.24, 2.45) is 0 Å². The Morgan fingerprint density at radius 1 is 1.13 bits per heavy atom. The van der Waals surface area contributed by atoms with Crippen LogP contribution in [0.15, 0.2) is 23.4 Å². The first kappa shape index (κ1) is 15.6. The van der Waals surface area contributed by atoms with Crippen molar-refractivity contribution in [1.29, 1.82) is 0 Å². The van der Waals surface area contributed by atoms with Crippen molar-refractivity contribution in [3.8, 4) is 0 Å². The van der Waals surface area contributed by atoms with Gasteiger partial charge in [0.25, 0.3) is 0 Å². The van der Waals surface area contributed by atoms with Gasteiger partial charge in [0.2, 0.25) is 5.95 Å². The number of nitrogens with zero attached hydrogens (tertiary/aromatic N) is 4. The van der Waals surface area contributed by atoms with Gasteiger partial charge in [-0.25, -0.2) is 0 Å². The van der Waals surface area contributed by atoms with E-state index in [0.717, 1.165) is 35.5 Å². The number of rotatable bonds is 5. The molecule has 2 fully saturated rings. The molecule has 7 heteroatoms. The Morgan fingerprint density at radius 2 is 1.91 bits per heavy atom. The van der Waals surface area contributed by atoms with E-state index in [-0.39, 0.29) is 0 Å². The zero-order chi connectivity index (χ0) is 15.8. The van der Waals surface area contributed by atoms with Crippen molar-refractivity contribution in [2.45, 2.75) is 42.6 Å². The predicted octanol–water partition coefficient (Wildman–Crippen LogP) is 4.81. The Morgan fingerprint density at radius 3 is 2.61 bits per heavy atom. The fraction of sp³-hybridized carbons (Fsp3) is 0.500. The summed E-state index contributed by atoms with van der Waals surface area (Å²) < 4.78 is 2.33. The van der Waals surface area contributed by atoms with Crippen LogP contribution in [0, 0.1) is 0 Å². The van der Waals surface area contributed by atoms with Crippen LogP contribution in [0.5, 0.6) is 0 Å². The molecule has 2 aromatic rings.